The van der Waals surface area contributed by atoms with Crippen molar-refractivity contribution < 1.29 is 9.53 Å². The number of methoxy groups -OCH3 is 1. The Morgan fingerprint density at radius 3 is 2.32 bits per heavy atom. The van der Waals surface area contributed by atoms with E-state index in [4.69, 9.17) is 4.74 Å². The molecule has 0 aromatic heterocycles. The van der Waals surface area contributed by atoms with Gasteiger partial charge in [0, 0.05) is 19.6 Å². The third-order valence-corrected chi connectivity index (χ3v) is 11.0. The molecule has 4 fully saturated rings. The number of fused-ring (bicyclic) bond motifs is 5. The first kappa shape index (κ1) is 20.9. The molecule has 0 bridgehead atoms. The summed E-state index contributed by atoms with van der Waals surface area (Å²) in [4.78, 5) is 12.5. The fraction of sp³-hybridized carbons (Fsp3) is 0.962. The van der Waals surface area contributed by atoms with Gasteiger partial charge in [-0.1, -0.05) is 27.2 Å². The van der Waals surface area contributed by atoms with Gasteiger partial charge < -0.3 is 4.74 Å². The predicted octanol–water partition coefficient (Wildman–Crippen LogP) is 6.67. The molecule has 8 unspecified atom stereocenters. The summed E-state index contributed by atoms with van der Waals surface area (Å²) in [5.74, 6) is 4.07. The van der Waals surface area contributed by atoms with Gasteiger partial charge in [0.2, 0.25) is 0 Å². The van der Waals surface area contributed by atoms with Crippen LogP contribution < -0.4 is 0 Å². The van der Waals surface area contributed by atoms with Crippen LogP contribution in [0.15, 0.2) is 0 Å². The number of carbonyl (C=O) groups is 1. The van der Waals surface area contributed by atoms with E-state index < -0.39 is 0 Å². The zero-order chi connectivity index (χ0) is 20.2. The summed E-state index contributed by atoms with van der Waals surface area (Å²) in [6, 6.07) is 0. The number of Topliss-reactive ketones (excluding diaryl/α,β-unsaturated/α-hetero) is 1. The summed E-state index contributed by atoms with van der Waals surface area (Å²) in [6.07, 6.45) is 14.7. The molecule has 2 heteroatoms. The average Bonchev–Trinajstić information content (AvgIpc) is 2.78. The zero-order valence-electron chi connectivity index (χ0n) is 19.2. The number of rotatable bonds is 3. The van der Waals surface area contributed by atoms with E-state index in [1.54, 1.807) is 0 Å². The molecule has 0 heterocycles. The molecule has 4 aliphatic carbocycles. The van der Waals surface area contributed by atoms with Gasteiger partial charge in [0.25, 0.3) is 0 Å². The lowest BCUT2D eigenvalue weighted by Crippen LogP contribution is -2.58. The zero-order valence-corrected chi connectivity index (χ0v) is 19.2. The molecule has 0 aromatic rings. The molecule has 0 spiro atoms. The van der Waals surface area contributed by atoms with Gasteiger partial charge in [-0.3, -0.25) is 4.79 Å². The monoisotopic (exact) mass is 388 g/mol. The maximum absolute atomic E-state index is 12.5. The second kappa shape index (κ2) is 7.40. The Kier molecular flexibility index (Phi) is 5.52. The first-order valence-electron chi connectivity index (χ1n) is 12.2. The van der Waals surface area contributed by atoms with Crippen LogP contribution >= 0.6 is 0 Å². The van der Waals surface area contributed by atoms with Crippen LogP contribution in [-0.2, 0) is 9.53 Å². The minimum absolute atomic E-state index is 0.276. The highest BCUT2D eigenvalue weighted by molar-refractivity contribution is 5.79. The highest BCUT2D eigenvalue weighted by atomic mass is 16.5. The summed E-state index contributed by atoms with van der Waals surface area (Å²) in [6.45, 7) is 10.6. The first-order valence-corrected chi connectivity index (χ1v) is 12.2. The van der Waals surface area contributed by atoms with E-state index >= 15 is 0 Å². The van der Waals surface area contributed by atoms with Crippen LogP contribution in [-0.4, -0.2) is 19.5 Å². The van der Waals surface area contributed by atoms with E-state index in [0.717, 1.165) is 36.7 Å². The maximum atomic E-state index is 12.5. The Labute approximate surface area is 173 Å². The standard InChI is InChI=1S/C26H44O2/c1-18(27)21-7-6-8-22-20-11-14-24(2)13-9-19(17-28-5)10-16-26(24,4)23(20)12-15-25(21,22)3/h19-23H,6-17H2,1-5H3. The Morgan fingerprint density at radius 1 is 0.893 bits per heavy atom. The van der Waals surface area contributed by atoms with Gasteiger partial charge in [-0.05, 0) is 111 Å². The van der Waals surface area contributed by atoms with Crippen LogP contribution in [0.1, 0.15) is 98.3 Å². The molecule has 0 amide bonds. The minimum atomic E-state index is 0.276. The van der Waals surface area contributed by atoms with Crippen molar-refractivity contribution in [3.63, 3.8) is 0 Å². The normalized spacial score (nSPS) is 51.4. The van der Waals surface area contributed by atoms with E-state index in [1.165, 1.54) is 64.2 Å². The van der Waals surface area contributed by atoms with E-state index in [9.17, 15) is 4.79 Å². The van der Waals surface area contributed by atoms with Crippen molar-refractivity contribution in [2.45, 2.75) is 98.3 Å². The lowest BCUT2D eigenvalue weighted by molar-refractivity contribution is -0.165. The summed E-state index contributed by atoms with van der Waals surface area (Å²) in [5.41, 5.74) is 1.25. The maximum Gasteiger partial charge on any atom is 0.133 e. The number of ether oxygens (including phenoxy) is 1. The van der Waals surface area contributed by atoms with Gasteiger partial charge in [0.15, 0.2) is 0 Å². The van der Waals surface area contributed by atoms with Crippen LogP contribution in [0.4, 0.5) is 0 Å². The van der Waals surface area contributed by atoms with Crippen molar-refractivity contribution in [1.29, 1.82) is 0 Å². The van der Waals surface area contributed by atoms with E-state index in [1.807, 2.05) is 14.0 Å². The number of ketones is 1. The second-order valence-corrected chi connectivity index (χ2v) is 11.9. The minimum Gasteiger partial charge on any atom is -0.384 e. The average molecular weight is 389 g/mol. The predicted molar refractivity (Wildman–Crippen MR) is 115 cm³/mol. The summed E-state index contributed by atoms with van der Waals surface area (Å²) >= 11 is 0. The summed E-state index contributed by atoms with van der Waals surface area (Å²) < 4.78 is 5.55. The fourth-order valence-electron chi connectivity index (χ4n) is 9.03. The van der Waals surface area contributed by atoms with Gasteiger partial charge in [0.05, 0.1) is 0 Å². The SMILES string of the molecule is COCC1CCC2(C)CCC3C4CCCC(C(C)=O)C4(C)CCC3C2(C)CC1. The van der Waals surface area contributed by atoms with Crippen molar-refractivity contribution in [2.75, 3.05) is 13.7 Å². The molecule has 0 saturated heterocycles. The van der Waals surface area contributed by atoms with Crippen molar-refractivity contribution in [3.8, 4) is 0 Å². The van der Waals surface area contributed by atoms with Crippen LogP contribution in [0.3, 0.4) is 0 Å². The largest absolute Gasteiger partial charge is 0.384 e. The molecule has 4 saturated carbocycles. The molecule has 2 nitrogen and oxygen atoms in total. The van der Waals surface area contributed by atoms with E-state index in [-0.39, 0.29) is 5.41 Å². The molecule has 0 N–H and O–H groups in total. The van der Waals surface area contributed by atoms with Crippen molar-refractivity contribution in [3.05, 3.63) is 0 Å². The summed E-state index contributed by atoms with van der Waals surface area (Å²) in [7, 11) is 1.87. The number of carbonyl (C=O) groups excluding carboxylic acids is 1. The van der Waals surface area contributed by atoms with Crippen LogP contribution in [0.2, 0.25) is 0 Å². The molecule has 0 radical (unpaired) electrons. The molecular formula is C26H44O2. The van der Waals surface area contributed by atoms with Crippen molar-refractivity contribution in [2.24, 2.45) is 45.8 Å². The number of hydrogen-bond donors (Lipinski definition) is 0. The quantitative estimate of drug-likeness (QED) is 0.540. The molecular weight excluding hydrogens is 344 g/mol. The molecule has 28 heavy (non-hydrogen) atoms. The molecule has 8 atom stereocenters. The van der Waals surface area contributed by atoms with Crippen LogP contribution in [0, 0.1) is 45.8 Å². The smallest absolute Gasteiger partial charge is 0.133 e. The Morgan fingerprint density at radius 2 is 1.61 bits per heavy atom. The highest BCUT2D eigenvalue weighted by Crippen LogP contribution is 2.69. The van der Waals surface area contributed by atoms with E-state index in [2.05, 4.69) is 20.8 Å². The molecule has 4 rings (SSSR count). The van der Waals surface area contributed by atoms with E-state index in [0.29, 0.717) is 22.5 Å². The second-order valence-electron chi connectivity index (χ2n) is 11.9. The highest BCUT2D eigenvalue weighted by Gasteiger charge is 2.61. The molecule has 160 valence electrons. The third kappa shape index (κ3) is 3.03. The lowest BCUT2D eigenvalue weighted by atomic mass is 9.40. The third-order valence-electron chi connectivity index (χ3n) is 11.0. The van der Waals surface area contributed by atoms with Crippen molar-refractivity contribution >= 4 is 5.78 Å². The van der Waals surface area contributed by atoms with Gasteiger partial charge in [-0.15, -0.1) is 0 Å². The lowest BCUT2D eigenvalue weighted by Gasteiger charge is -2.65. The Bertz CT molecular complexity index is 599. The molecule has 0 aliphatic heterocycles. The molecule has 0 aromatic carbocycles. The van der Waals surface area contributed by atoms with Gasteiger partial charge >= 0.3 is 0 Å². The van der Waals surface area contributed by atoms with Crippen LogP contribution in [0.25, 0.3) is 0 Å². The first-order chi connectivity index (χ1) is 13.2. The fourth-order valence-corrected chi connectivity index (χ4v) is 9.03. The van der Waals surface area contributed by atoms with Gasteiger partial charge in [0.1, 0.15) is 5.78 Å². The number of hydrogen-bond acceptors (Lipinski definition) is 2. The Balaban J connectivity index is 1.62. The van der Waals surface area contributed by atoms with Crippen LogP contribution in [0.5, 0.6) is 0 Å². The topological polar surface area (TPSA) is 26.3 Å². The van der Waals surface area contributed by atoms with Crippen molar-refractivity contribution in [1.82, 2.24) is 0 Å². The van der Waals surface area contributed by atoms with Gasteiger partial charge in [-0.2, -0.15) is 0 Å². The summed E-state index contributed by atoms with van der Waals surface area (Å²) in [5, 5.41) is 0. The van der Waals surface area contributed by atoms with Gasteiger partial charge in [-0.25, -0.2) is 0 Å². The Hall–Kier alpha value is -0.370. The molecule has 4 aliphatic rings.